The van der Waals surface area contributed by atoms with Crippen molar-refractivity contribution in [3.8, 4) is 17.0 Å². The van der Waals surface area contributed by atoms with Gasteiger partial charge < -0.3 is 14.8 Å². The van der Waals surface area contributed by atoms with Gasteiger partial charge in [0.05, 0.1) is 24.1 Å². The van der Waals surface area contributed by atoms with Crippen molar-refractivity contribution in [3.63, 3.8) is 0 Å². The van der Waals surface area contributed by atoms with Crippen LogP contribution in [0.2, 0.25) is 0 Å². The van der Waals surface area contributed by atoms with Gasteiger partial charge in [-0.05, 0) is 67.4 Å². The molecule has 4 fully saturated rings. The van der Waals surface area contributed by atoms with Gasteiger partial charge in [0.1, 0.15) is 18.9 Å². The molecule has 1 aliphatic heterocycles. The van der Waals surface area contributed by atoms with Crippen molar-refractivity contribution < 1.29 is 14.3 Å². The maximum Gasteiger partial charge on any atom is 0.241 e. The number of rotatable bonds is 6. The minimum absolute atomic E-state index is 0.0262. The molecule has 4 aliphatic carbocycles. The zero-order chi connectivity index (χ0) is 22.0. The summed E-state index contributed by atoms with van der Waals surface area (Å²) in [4.78, 5) is 12.7. The number of nitrogens with one attached hydrogen (secondary N) is 1. The van der Waals surface area contributed by atoms with E-state index in [0.717, 1.165) is 28.5 Å². The second-order valence-corrected chi connectivity index (χ2v) is 11.5. The summed E-state index contributed by atoms with van der Waals surface area (Å²) in [5.41, 5.74) is 3.90. The molecule has 1 N–H and O–H groups in total. The number of carbonyl (C=O) groups is 1. The molecule has 4 saturated carbocycles. The van der Waals surface area contributed by atoms with Gasteiger partial charge in [0.2, 0.25) is 5.91 Å². The third-order valence-electron chi connectivity index (χ3n) is 8.14. The highest BCUT2D eigenvalue weighted by Crippen LogP contribution is 2.67. The van der Waals surface area contributed by atoms with E-state index < -0.39 is 0 Å². The second-order valence-electron chi connectivity index (χ2n) is 11.5. The van der Waals surface area contributed by atoms with Crippen molar-refractivity contribution >= 4 is 5.91 Å². The lowest BCUT2D eigenvalue weighted by molar-refractivity contribution is -0.213. The lowest BCUT2D eigenvalue weighted by Gasteiger charge is -2.65. The topological polar surface area (TPSA) is 65.4 Å². The number of aromatic nitrogens is 2. The highest BCUT2D eigenvalue weighted by atomic mass is 16.5. The first-order valence-electron chi connectivity index (χ1n) is 12.0. The summed E-state index contributed by atoms with van der Waals surface area (Å²) in [5.74, 6) is 1.62. The van der Waals surface area contributed by atoms with E-state index in [9.17, 15) is 4.79 Å². The highest BCUT2D eigenvalue weighted by molar-refractivity contribution is 5.78. The van der Waals surface area contributed by atoms with Crippen molar-refractivity contribution in [2.45, 2.75) is 71.1 Å². The van der Waals surface area contributed by atoms with Crippen LogP contribution in [0.25, 0.3) is 11.3 Å². The highest BCUT2D eigenvalue weighted by Gasteiger charge is 2.60. The minimum atomic E-state index is -0.0343. The van der Waals surface area contributed by atoms with Gasteiger partial charge in [0, 0.05) is 17.7 Å². The Morgan fingerprint density at radius 2 is 1.97 bits per heavy atom. The van der Waals surface area contributed by atoms with Crippen LogP contribution in [0.5, 0.6) is 5.75 Å². The Morgan fingerprint density at radius 3 is 2.75 bits per heavy atom. The first-order valence-corrected chi connectivity index (χ1v) is 12.0. The largest absolute Gasteiger partial charge is 0.488 e. The average molecular weight is 436 g/mol. The SMILES string of the molecule is C[C@@]12CC3CC(OCCNC(=O)Cn4ncc5c4-c4ccccc4OC5)(C1)C[C@@](C)(C3)C2. The van der Waals surface area contributed by atoms with Crippen molar-refractivity contribution in [2.24, 2.45) is 16.7 Å². The van der Waals surface area contributed by atoms with E-state index in [0.29, 0.717) is 30.6 Å². The van der Waals surface area contributed by atoms with Crippen LogP contribution in [0.3, 0.4) is 0 Å². The van der Waals surface area contributed by atoms with Crippen LogP contribution in [0, 0.1) is 16.7 Å². The molecule has 2 heterocycles. The first kappa shape index (κ1) is 20.3. The molecule has 6 nitrogen and oxygen atoms in total. The fourth-order valence-electron chi connectivity index (χ4n) is 8.06. The number of ether oxygens (including phenoxy) is 2. The lowest BCUT2D eigenvalue weighted by atomic mass is 9.43. The van der Waals surface area contributed by atoms with Crippen molar-refractivity contribution in [1.82, 2.24) is 15.1 Å². The van der Waals surface area contributed by atoms with E-state index in [4.69, 9.17) is 9.47 Å². The van der Waals surface area contributed by atoms with Crippen LogP contribution in [-0.2, 0) is 22.7 Å². The Balaban J connectivity index is 1.06. The summed E-state index contributed by atoms with van der Waals surface area (Å²) in [6.45, 7) is 6.74. The molecule has 2 atom stereocenters. The summed E-state index contributed by atoms with van der Waals surface area (Å²) in [6, 6.07) is 7.92. The number of nitrogens with zero attached hydrogens (tertiary/aromatic N) is 2. The molecule has 1 aromatic carbocycles. The normalized spacial score (nSPS) is 34.0. The maximum atomic E-state index is 12.7. The quantitative estimate of drug-likeness (QED) is 0.686. The molecule has 6 heteroatoms. The zero-order valence-electron chi connectivity index (χ0n) is 19.2. The molecule has 170 valence electrons. The molecule has 32 heavy (non-hydrogen) atoms. The smallest absolute Gasteiger partial charge is 0.241 e. The number of para-hydroxylation sites is 1. The van der Waals surface area contributed by atoms with E-state index in [1.165, 1.54) is 38.5 Å². The number of hydrogen-bond donors (Lipinski definition) is 1. The van der Waals surface area contributed by atoms with Gasteiger partial charge >= 0.3 is 0 Å². The molecule has 2 aromatic rings. The van der Waals surface area contributed by atoms with Gasteiger partial charge in [0.15, 0.2) is 0 Å². The fraction of sp³-hybridized carbons (Fsp3) is 0.615. The van der Waals surface area contributed by atoms with Crippen LogP contribution < -0.4 is 10.1 Å². The Labute approximate surface area is 189 Å². The minimum Gasteiger partial charge on any atom is -0.488 e. The summed E-state index contributed by atoms with van der Waals surface area (Å²) >= 11 is 0. The predicted molar refractivity (Wildman–Crippen MR) is 121 cm³/mol. The number of carbonyl (C=O) groups excluding carboxylic acids is 1. The van der Waals surface area contributed by atoms with Gasteiger partial charge in [-0.1, -0.05) is 26.0 Å². The number of hydrogen-bond acceptors (Lipinski definition) is 4. The Bertz CT molecular complexity index is 1040. The van der Waals surface area contributed by atoms with Gasteiger partial charge in [-0.3, -0.25) is 9.48 Å². The Morgan fingerprint density at radius 1 is 1.19 bits per heavy atom. The molecule has 0 radical (unpaired) electrons. The van der Waals surface area contributed by atoms with Crippen molar-refractivity contribution in [2.75, 3.05) is 13.2 Å². The molecule has 0 unspecified atom stereocenters. The molecule has 7 rings (SSSR count). The zero-order valence-corrected chi connectivity index (χ0v) is 19.2. The van der Waals surface area contributed by atoms with E-state index >= 15 is 0 Å². The average Bonchev–Trinajstić information content (AvgIpc) is 3.12. The van der Waals surface area contributed by atoms with Crippen molar-refractivity contribution in [3.05, 3.63) is 36.0 Å². The van der Waals surface area contributed by atoms with E-state index in [1.54, 1.807) is 10.9 Å². The van der Waals surface area contributed by atoms with Gasteiger partial charge in [-0.2, -0.15) is 5.10 Å². The van der Waals surface area contributed by atoms with E-state index in [2.05, 4.69) is 24.3 Å². The molecule has 5 aliphatic rings. The summed E-state index contributed by atoms with van der Waals surface area (Å²) in [5, 5.41) is 7.50. The third-order valence-corrected chi connectivity index (χ3v) is 8.14. The fourth-order valence-corrected chi connectivity index (χ4v) is 8.06. The summed E-state index contributed by atoms with van der Waals surface area (Å²) in [6.07, 6.45) is 9.45. The van der Waals surface area contributed by atoms with Crippen LogP contribution in [0.4, 0.5) is 0 Å². The number of amides is 1. The van der Waals surface area contributed by atoms with Gasteiger partial charge in [-0.25, -0.2) is 0 Å². The van der Waals surface area contributed by atoms with Crippen LogP contribution in [-0.4, -0.2) is 34.4 Å². The Kier molecular flexibility index (Phi) is 4.49. The summed E-state index contributed by atoms with van der Waals surface area (Å²) in [7, 11) is 0. The molecule has 0 saturated heterocycles. The molecule has 1 amide bonds. The predicted octanol–water partition coefficient (Wildman–Crippen LogP) is 4.32. The van der Waals surface area contributed by atoms with Crippen LogP contribution in [0.1, 0.15) is 57.9 Å². The molecule has 0 spiro atoms. The lowest BCUT2D eigenvalue weighted by Crippen LogP contribution is -2.59. The van der Waals surface area contributed by atoms with Crippen LogP contribution >= 0.6 is 0 Å². The molecular weight excluding hydrogens is 402 g/mol. The number of benzene rings is 1. The molecular formula is C26H33N3O3. The van der Waals surface area contributed by atoms with Gasteiger partial charge in [-0.15, -0.1) is 0 Å². The van der Waals surface area contributed by atoms with Crippen molar-refractivity contribution in [1.29, 1.82) is 0 Å². The van der Waals surface area contributed by atoms with E-state index in [-0.39, 0.29) is 18.1 Å². The van der Waals surface area contributed by atoms with Gasteiger partial charge in [0.25, 0.3) is 0 Å². The monoisotopic (exact) mass is 435 g/mol. The molecule has 4 bridgehead atoms. The standard InChI is InChI=1S/C26H33N3O3/c1-24-9-18-10-25(2,15-24)17-26(11-18,16-24)32-8-7-27-22(30)13-29-23-19(12-28-29)14-31-21-6-4-3-5-20(21)23/h3-6,12,18H,7-11,13-17H2,1-2H3,(H,27,30)/t18?,24-,25-,26?/m0/s1. The second kappa shape index (κ2) is 7.08. The maximum absolute atomic E-state index is 12.7. The third kappa shape index (κ3) is 3.43. The van der Waals surface area contributed by atoms with E-state index in [1.807, 2.05) is 24.3 Å². The number of fused-ring (bicyclic) bond motifs is 3. The Hall–Kier alpha value is -2.34. The first-order chi connectivity index (χ1) is 15.3. The summed E-state index contributed by atoms with van der Waals surface area (Å²) < 4.78 is 14.1. The van der Waals surface area contributed by atoms with Crippen LogP contribution in [0.15, 0.2) is 30.5 Å². The molecule has 1 aromatic heterocycles.